The molecule has 1 unspecified atom stereocenters. The molecule has 0 amide bonds. The molecule has 1 atom stereocenters. The minimum absolute atomic E-state index is 0.122. The number of Topliss-reactive ketones (excluding diaryl/α,β-unsaturated/α-hetero) is 1. The molecule has 0 heterocycles. The highest BCUT2D eigenvalue weighted by atomic mass is 16.5. The lowest BCUT2D eigenvalue weighted by atomic mass is 9.79. The normalized spacial score (nSPS) is 26.7. The third-order valence-electron chi connectivity index (χ3n) is 3.46. The molecule has 0 saturated heterocycles. The second-order valence-electron chi connectivity index (χ2n) is 4.93. The molecular formula is C12H19NO2. The van der Waals surface area contributed by atoms with Crippen LogP contribution in [0.25, 0.3) is 0 Å². The summed E-state index contributed by atoms with van der Waals surface area (Å²) in [6.07, 6.45) is 3.54. The largest absolute Gasteiger partial charge is 0.379 e. The van der Waals surface area contributed by atoms with E-state index in [4.69, 9.17) is 10.00 Å². The predicted octanol–water partition coefficient (Wildman–Crippen LogP) is 2.45. The number of ether oxygens (including phenoxy) is 1. The summed E-state index contributed by atoms with van der Waals surface area (Å²) < 4.78 is 5.30. The van der Waals surface area contributed by atoms with Crippen LogP contribution in [0, 0.1) is 16.7 Å². The first-order valence-electron chi connectivity index (χ1n) is 5.45. The molecule has 0 bridgehead atoms. The van der Waals surface area contributed by atoms with Gasteiger partial charge in [-0.2, -0.15) is 5.26 Å². The van der Waals surface area contributed by atoms with Crippen molar-refractivity contribution >= 4 is 5.78 Å². The molecule has 0 aromatic carbocycles. The summed E-state index contributed by atoms with van der Waals surface area (Å²) in [5.41, 5.74) is -0.956. The highest BCUT2D eigenvalue weighted by Gasteiger charge is 2.42. The van der Waals surface area contributed by atoms with Gasteiger partial charge in [-0.05, 0) is 39.5 Å². The van der Waals surface area contributed by atoms with Crippen molar-refractivity contribution in [1.29, 1.82) is 5.26 Å². The average Bonchev–Trinajstić information content (AvgIpc) is 2.58. The van der Waals surface area contributed by atoms with Crippen LogP contribution in [-0.4, -0.2) is 18.5 Å². The van der Waals surface area contributed by atoms with Crippen LogP contribution in [0.15, 0.2) is 0 Å². The third-order valence-corrected chi connectivity index (χ3v) is 3.46. The molecule has 1 saturated carbocycles. The summed E-state index contributed by atoms with van der Waals surface area (Å²) >= 11 is 0. The zero-order valence-corrected chi connectivity index (χ0v) is 9.80. The van der Waals surface area contributed by atoms with Gasteiger partial charge >= 0.3 is 0 Å². The van der Waals surface area contributed by atoms with Crippen LogP contribution in [0.5, 0.6) is 0 Å². The predicted molar refractivity (Wildman–Crippen MR) is 57.2 cm³/mol. The van der Waals surface area contributed by atoms with Crippen LogP contribution in [0.3, 0.4) is 0 Å². The smallest absolute Gasteiger partial charge is 0.153 e. The van der Waals surface area contributed by atoms with Gasteiger partial charge < -0.3 is 4.74 Å². The van der Waals surface area contributed by atoms with Crippen molar-refractivity contribution in [1.82, 2.24) is 0 Å². The number of hydrogen-bond donors (Lipinski definition) is 0. The zero-order valence-electron chi connectivity index (χ0n) is 9.80. The number of carbonyl (C=O) groups is 1. The van der Waals surface area contributed by atoms with Gasteiger partial charge in [-0.3, -0.25) is 4.79 Å². The molecule has 0 radical (unpaired) electrons. The van der Waals surface area contributed by atoms with Gasteiger partial charge in [0.1, 0.15) is 5.41 Å². The van der Waals surface area contributed by atoms with Gasteiger partial charge in [0.15, 0.2) is 5.78 Å². The van der Waals surface area contributed by atoms with Gasteiger partial charge in [0.05, 0.1) is 11.7 Å². The molecule has 1 rings (SSSR count). The van der Waals surface area contributed by atoms with Gasteiger partial charge in [0, 0.05) is 13.5 Å². The molecule has 0 aromatic heterocycles. The molecule has 0 aromatic rings. The van der Waals surface area contributed by atoms with Crippen molar-refractivity contribution in [2.24, 2.45) is 5.41 Å². The van der Waals surface area contributed by atoms with E-state index in [-0.39, 0.29) is 11.4 Å². The monoisotopic (exact) mass is 209 g/mol. The number of methoxy groups -OCH3 is 1. The number of nitrogens with zero attached hydrogens (tertiary/aromatic N) is 1. The second kappa shape index (κ2) is 4.32. The number of hydrogen-bond acceptors (Lipinski definition) is 3. The summed E-state index contributed by atoms with van der Waals surface area (Å²) in [5.74, 6) is 0.122. The van der Waals surface area contributed by atoms with Crippen molar-refractivity contribution in [2.45, 2.75) is 51.6 Å². The topological polar surface area (TPSA) is 50.1 Å². The highest BCUT2D eigenvalue weighted by Crippen LogP contribution is 2.40. The SMILES string of the molecule is COC(C)(C)CCC1(C#N)CCCC1=O. The third kappa shape index (κ3) is 2.57. The summed E-state index contributed by atoms with van der Waals surface area (Å²) in [6.45, 7) is 3.97. The van der Waals surface area contributed by atoms with E-state index < -0.39 is 5.41 Å². The number of rotatable bonds is 4. The molecule has 3 heteroatoms. The maximum atomic E-state index is 11.7. The van der Waals surface area contributed by atoms with E-state index >= 15 is 0 Å². The average molecular weight is 209 g/mol. The molecular weight excluding hydrogens is 190 g/mol. The maximum Gasteiger partial charge on any atom is 0.153 e. The van der Waals surface area contributed by atoms with E-state index in [1.165, 1.54) is 0 Å². The van der Waals surface area contributed by atoms with Crippen molar-refractivity contribution in [3.05, 3.63) is 0 Å². The molecule has 0 N–H and O–H groups in total. The maximum absolute atomic E-state index is 11.7. The van der Waals surface area contributed by atoms with E-state index in [1.54, 1.807) is 7.11 Å². The summed E-state index contributed by atoms with van der Waals surface area (Å²) in [6, 6.07) is 2.22. The minimum atomic E-state index is -0.712. The number of nitriles is 1. The Labute approximate surface area is 91.4 Å². The first kappa shape index (κ1) is 12.2. The van der Waals surface area contributed by atoms with E-state index in [9.17, 15) is 4.79 Å². The van der Waals surface area contributed by atoms with Crippen molar-refractivity contribution in [2.75, 3.05) is 7.11 Å². The first-order chi connectivity index (χ1) is 6.96. The zero-order chi connectivity index (χ0) is 11.5. The first-order valence-corrected chi connectivity index (χ1v) is 5.45. The summed E-state index contributed by atoms with van der Waals surface area (Å²) in [7, 11) is 1.66. The Bertz CT molecular complexity index is 290. The Morgan fingerprint density at radius 3 is 2.67 bits per heavy atom. The molecule has 3 nitrogen and oxygen atoms in total. The number of carbonyl (C=O) groups excluding carboxylic acids is 1. The van der Waals surface area contributed by atoms with Crippen LogP contribution < -0.4 is 0 Å². The quantitative estimate of drug-likeness (QED) is 0.714. The van der Waals surface area contributed by atoms with E-state index in [2.05, 4.69) is 6.07 Å². The van der Waals surface area contributed by atoms with Crippen molar-refractivity contribution < 1.29 is 9.53 Å². The van der Waals surface area contributed by atoms with Gasteiger partial charge in [-0.1, -0.05) is 0 Å². The van der Waals surface area contributed by atoms with E-state index in [0.29, 0.717) is 12.8 Å². The Kier molecular flexibility index (Phi) is 3.51. The molecule has 84 valence electrons. The van der Waals surface area contributed by atoms with Crippen LogP contribution in [0.4, 0.5) is 0 Å². The molecule has 1 aliphatic rings. The Hall–Kier alpha value is -0.880. The van der Waals surface area contributed by atoms with Gasteiger partial charge in [0.2, 0.25) is 0 Å². The lowest BCUT2D eigenvalue weighted by molar-refractivity contribution is -0.124. The lowest BCUT2D eigenvalue weighted by Crippen LogP contribution is -2.30. The van der Waals surface area contributed by atoms with Crippen molar-refractivity contribution in [3.63, 3.8) is 0 Å². The van der Waals surface area contributed by atoms with Gasteiger partial charge in [0.25, 0.3) is 0 Å². The highest BCUT2D eigenvalue weighted by molar-refractivity contribution is 5.89. The standard InChI is InChI=1S/C12H19NO2/c1-11(2,15-3)7-8-12(9-13)6-4-5-10(12)14/h4-8H2,1-3H3. The van der Waals surface area contributed by atoms with Crippen LogP contribution in [-0.2, 0) is 9.53 Å². The number of ketones is 1. The van der Waals surface area contributed by atoms with E-state index in [1.807, 2.05) is 13.8 Å². The Balaban J connectivity index is 2.63. The minimum Gasteiger partial charge on any atom is -0.379 e. The molecule has 1 aliphatic carbocycles. The molecule has 0 spiro atoms. The molecule has 1 fully saturated rings. The van der Waals surface area contributed by atoms with Crippen molar-refractivity contribution in [3.8, 4) is 6.07 Å². The lowest BCUT2D eigenvalue weighted by Gasteiger charge is -2.27. The fraction of sp³-hybridized carbons (Fsp3) is 0.833. The van der Waals surface area contributed by atoms with Gasteiger partial charge in [-0.15, -0.1) is 0 Å². The fourth-order valence-electron chi connectivity index (χ4n) is 1.98. The van der Waals surface area contributed by atoms with Crippen LogP contribution in [0.2, 0.25) is 0 Å². The fourth-order valence-corrected chi connectivity index (χ4v) is 1.98. The molecule has 15 heavy (non-hydrogen) atoms. The van der Waals surface area contributed by atoms with Gasteiger partial charge in [-0.25, -0.2) is 0 Å². The summed E-state index contributed by atoms with van der Waals surface area (Å²) in [5, 5.41) is 9.14. The second-order valence-corrected chi connectivity index (χ2v) is 4.93. The van der Waals surface area contributed by atoms with Crippen LogP contribution in [0.1, 0.15) is 46.0 Å². The molecule has 0 aliphatic heterocycles. The van der Waals surface area contributed by atoms with Crippen LogP contribution >= 0.6 is 0 Å². The van der Waals surface area contributed by atoms with E-state index in [0.717, 1.165) is 19.3 Å². The Morgan fingerprint density at radius 2 is 2.27 bits per heavy atom. The Morgan fingerprint density at radius 1 is 1.60 bits per heavy atom. The summed E-state index contributed by atoms with van der Waals surface area (Å²) in [4.78, 5) is 11.7.